The number of hydrogen-bond acceptors (Lipinski definition) is 4. The molecule has 0 aliphatic heterocycles. The van der Waals surface area contributed by atoms with E-state index in [2.05, 4.69) is 12.2 Å². The van der Waals surface area contributed by atoms with Crippen LogP contribution in [0.25, 0.3) is 0 Å². The summed E-state index contributed by atoms with van der Waals surface area (Å²) in [6.07, 6.45) is 19.1. The van der Waals surface area contributed by atoms with Gasteiger partial charge in [0.25, 0.3) is 0 Å². The third-order valence-corrected chi connectivity index (χ3v) is 5.25. The number of ether oxygens (including phenoxy) is 1. The Hall–Kier alpha value is -0.940. The Morgan fingerprint density at radius 2 is 1.29 bits per heavy atom. The number of nitrogens with one attached hydrogen (secondary N) is 1. The minimum atomic E-state index is -1.22. The summed E-state index contributed by atoms with van der Waals surface area (Å²) < 4.78 is 4.93. The van der Waals surface area contributed by atoms with E-state index in [-0.39, 0.29) is 12.5 Å². The van der Waals surface area contributed by atoms with Gasteiger partial charge in [0.05, 0.1) is 12.6 Å². The maximum absolute atomic E-state index is 11.9. The van der Waals surface area contributed by atoms with Crippen molar-refractivity contribution in [1.82, 2.24) is 5.32 Å². The fourth-order valence-electron chi connectivity index (χ4n) is 3.44. The second-order valence-electron chi connectivity index (χ2n) is 7.96. The minimum Gasteiger partial charge on any atom is -0.383 e. The van der Waals surface area contributed by atoms with Crippen molar-refractivity contribution in [2.75, 3.05) is 13.7 Å². The smallest absolute Gasteiger partial charge is 0.220 e. The lowest BCUT2D eigenvalue weighted by atomic mass is 10.0. The first-order chi connectivity index (χ1) is 13.7. The molecule has 1 amide bonds. The molecule has 0 unspecified atom stereocenters. The summed E-state index contributed by atoms with van der Waals surface area (Å²) >= 11 is 0. The van der Waals surface area contributed by atoms with Crippen LogP contribution in [0.15, 0.2) is 0 Å². The van der Waals surface area contributed by atoms with Crippen LogP contribution in [0.5, 0.6) is 0 Å². The maximum atomic E-state index is 11.9. The van der Waals surface area contributed by atoms with Gasteiger partial charge in [-0.05, 0) is 6.42 Å². The molecule has 0 aliphatic carbocycles. The van der Waals surface area contributed by atoms with Crippen molar-refractivity contribution in [3.8, 4) is 0 Å². The minimum absolute atomic E-state index is 0.127. The second kappa shape index (κ2) is 20.8. The summed E-state index contributed by atoms with van der Waals surface area (Å²) in [5.74, 6) is -0.127. The van der Waals surface area contributed by atoms with Crippen LogP contribution in [0.3, 0.4) is 0 Å². The summed E-state index contributed by atoms with van der Waals surface area (Å²) in [5, 5.41) is 12.2. The van der Waals surface area contributed by atoms with Crippen LogP contribution in [0.2, 0.25) is 0 Å². The molecule has 0 aliphatic rings. The Morgan fingerprint density at radius 1 is 0.857 bits per heavy atom. The Kier molecular flexibility index (Phi) is 20.1. The summed E-state index contributed by atoms with van der Waals surface area (Å²) in [7, 11) is 1.48. The van der Waals surface area contributed by atoms with E-state index in [1.807, 2.05) is 0 Å². The van der Waals surface area contributed by atoms with Gasteiger partial charge in [-0.2, -0.15) is 0 Å². The third kappa shape index (κ3) is 17.2. The lowest BCUT2D eigenvalue weighted by Gasteiger charge is -2.19. The predicted octanol–water partition coefficient (Wildman–Crippen LogP) is 4.94. The largest absolute Gasteiger partial charge is 0.383 e. The molecule has 0 aromatic rings. The number of unbranched alkanes of at least 4 members (excludes halogenated alkanes) is 14. The van der Waals surface area contributed by atoms with Crippen LogP contribution in [-0.4, -0.2) is 43.2 Å². The molecular weight excluding hydrogens is 354 g/mol. The molecule has 0 saturated carbocycles. The number of methoxy groups -OCH3 is 1. The van der Waals surface area contributed by atoms with Gasteiger partial charge in [-0.15, -0.1) is 0 Å². The molecule has 0 rings (SSSR count). The van der Waals surface area contributed by atoms with Gasteiger partial charge < -0.3 is 20.0 Å². The molecule has 0 saturated heterocycles. The number of aldehydes is 1. The highest BCUT2D eigenvalue weighted by Crippen LogP contribution is 2.13. The fourth-order valence-corrected chi connectivity index (χ4v) is 3.44. The quantitative estimate of drug-likeness (QED) is 0.212. The van der Waals surface area contributed by atoms with Crippen LogP contribution in [0, 0.1) is 0 Å². The molecule has 5 heteroatoms. The van der Waals surface area contributed by atoms with Crippen molar-refractivity contribution < 1.29 is 19.4 Å². The standard InChI is InChI=1S/C23H45NO4/c1-3-4-5-6-7-8-9-10-11-12-13-14-15-16-17-18-23(27)24-21(20-28-2)22(26)19-25/h19,21-22,26H,3-18,20H2,1-2H3,(H,24,27)/t21-,22+/m0/s1. The molecule has 0 bridgehead atoms. The highest BCUT2D eigenvalue weighted by atomic mass is 16.5. The Bertz CT molecular complexity index is 363. The lowest BCUT2D eigenvalue weighted by Crippen LogP contribution is -2.46. The first-order valence-corrected chi connectivity index (χ1v) is 11.6. The molecule has 0 radical (unpaired) electrons. The summed E-state index contributed by atoms with van der Waals surface area (Å²) in [5.41, 5.74) is 0. The van der Waals surface area contributed by atoms with E-state index in [1.54, 1.807) is 0 Å². The van der Waals surface area contributed by atoms with Gasteiger partial charge >= 0.3 is 0 Å². The fraction of sp³-hybridized carbons (Fsp3) is 0.913. The summed E-state index contributed by atoms with van der Waals surface area (Å²) in [6.45, 7) is 2.39. The molecule has 0 aromatic carbocycles. The topological polar surface area (TPSA) is 75.6 Å². The van der Waals surface area contributed by atoms with Gasteiger partial charge in [0.2, 0.25) is 5.91 Å². The summed E-state index contributed by atoms with van der Waals surface area (Å²) in [6, 6.07) is -0.661. The molecule has 0 heterocycles. The molecular formula is C23H45NO4. The zero-order valence-corrected chi connectivity index (χ0v) is 18.4. The Balaban J connectivity index is 3.40. The number of carbonyl (C=O) groups is 2. The van der Waals surface area contributed by atoms with Crippen molar-refractivity contribution in [2.45, 2.75) is 122 Å². The number of hydrogen-bond donors (Lipinski definition) is 2. The van der Waals surface area contributed by atoms with Crippen LogP contribution in [0.4, 0.5) is 0 Å². The SMILES string of the molecule is CCCCCCCCCCCCCCCCCC(=O)N[C@@H](COC)[C@H](O)C=O. The number of carbonyl (C=O) groups excluding carboxylic acids is 2. The van der Waals surface area contributed by atoms with Crippen molar-refractivity contribution in [3.05, 3.63) is 0 Å². The normalized spacial score (nSPS) is 13.2. The van der Waals surface area contributed by atoms with Crippen molar-refractivity contribution in [1.29, 1.82) is 0 Å². The molecule has 0 spiro atoms. The monoisotopic (exact) mass is 399 g/mol. The van der Waals surface area contributed by atoms with E-state index in [4.69, 9.17) is 4.74 Å². The van der Waals surface area contributed by atoms with Gasteiger partial charge in [0, 0.05) is 13.5 Å². The molecule has 5 nitrogen and oxygen atoms in total. The van der Waals surface area contributed by atoms with E-state index < -0.39 is 12.1 Å². The van der Waals surface area contributed by atoms with E-state index >= 15 is 0 Å². The highest BCUT2D eigenvalue weighted by molar-refractivity contribution is 5.77. The van der Waals surface area contributed by atoms with E-state index in [0.29, 0.717) is 12.7 Å². The molecule has 2 N–H and O–H groups in total. The summed E-state index contributed by atoms with van der Waals surface area (Å²) in [4.78, 5) is 22.5. The highest BCUT2D eigenvalue weighted by Gasteiger charge is 2.20. The second-order valence-corrected chi connectivity index (χ2v) is 7.96. The maximum Gasteiger partial charge on any atom is 0.220 e. The average Bonchev–Trinajstić information content (AvgIpc) is 2.70. The van der Waals surface area contributed by atoms with E-state index in [9.17, 15) is 14.7 Å². The van der Waals surface area contributed by atoms with Gasteiger partial charge in [-0.3, -0.25) is 4.79 Å². The zero-order valence-electron chi connectivity index (χ0n) is 18.4. The van der Waals surface area contributed by atoms with Crippen LogP contribution in [0.1, 0.15) is 110 Å². The molecule has 2 atom stereocenters. The van der Waals surface area contributed by atoms with Crippen molar-refractivity contribution >= 4 is 12.2 Å². The van der Waals surface area contributed by atoms with E-state index in [0.717, 1.165) is 12.8 Å². The third-order valence-electron chi connectivity index (χ3n) is 5.25. The van der Waals surface area contributed by atoms with Crippen molar-refractivity contribution in [3.63, 3.8) is 0 Å². The first kappa shape index (κ1) is 27.1. The van der Waals surface area contributed by atoms with Gasteiger partial charge in [-0.1, -0.05) is 96.8 Å². The number of aliphatic hydroxyl groups is 1. The lowest BCUT2D eigenvalue weighted by molar-refractivity contribution is -0.125. The molecule has 0 fully saturated rings. The van der Waals surface area contributed by atoms with E-state index in [1.165, 1.54) is 90.6 Å². The zero-order chi connectivity index (χ0) is 20.9. The average molecular weight is 400 g/mol. The van der Waals surface area contributed by atoms with Gasteiger partial charge in [-0.25, -0.2) is 0 Å². The number of rotatable bonds is 21. The van der Waals surface area contributed by atoms with Crippen LogP contribution >= 0.6 is 0 Å². The van der Waals surface area contributed by atoms with Gasteiger partial charge in [0.15, 0.2) is 6.29 Å². The predicted molar refractivity (Wildman–Crippen MR) is 115 cm³/mol. The molecule has 0 aromatic heterocycles. The number of aliphatic hydroxyl groups excluding tert-OH is 1. The molecule has 166 valence electrons. The van der Waals surface area contributed by atoms with Crippen molar-refractivity contribution in [2.24, 2.45) is 0 Å². The van der Waals surface area contributed by atoms with Gasteiger partial charge in [0.1, 0.15) is 6.10 Å². The number of amides is 1. The first-order valence-electron chi connectivity index (χ1n) is 11.6. The molecule has 28 heavy (non-hydrogen) atoms. The van der Waals surface area contributed by atoms with Crippen LogP contribution < -0.4 is 5.32 Å². The Labute approximate surface area is 173 Å². The van der Waals surface area contributed by atoms with Crippen LogP contribution in [-0.2, 0) is 14.3 Å². The Morgan fingerprint density at radius 3 is 1.68 bits per heavy atom.